The van der Waals surface area contributed by atoms with E-state index in [2.05, 4.69) is 4.72 Å². The van der Waals surface area contributed by atoms with E-state index in [-0.39, 0.29) is 25.0 Å². The van der Waals surface area contributed by atoms with Gasteiger partial charge in [0.1, 0.15) is 0 Å². The maximum Gasteiger partial charge on any atom is 0.213 e. The van der Waals surface area contributed by atoms with Crippen molar-refractivity contribution in [3.63, 3.8) is 0 Å². The molecular weight excluding hydrogens is 258 g/mol. The maximum atomic E-state index is 11.7. The summed E-state index contributed by atoms with van der Waals surface area (Å²) in [6.45, 7) is 4.84. The molecule has 1 aliphatic heterocycles. The predicted molar refractivity (Wildman–Crippen MR) is 67.9 cm³/mol. The normalized spacial score (nSPS) is 20.2. The molecule has 6 nitrogen and oxygen atoms in total. The highest BCUT2D eigenvalue weighted by atomic mass is 32.2. The summed E-state index contributed by atoms with van der Waals surface area (Å²) in [7, 11) is -3.39. The van der Waals surface area contributed by atoms with Crippen molar-refractivity contribution in [3.8, 4) is 0 Å². The highest BCUT2D eigenvalue weighted by Gasteiger charge is 2.31. The van der Waals surface area contributed by atoms with E-state index in [4.69, 9.17) is 9.47 Å². The van der Waals surface area contributed by atoms with Crippen molar-refractivity contribution in [2.24, 2.45) is 0 Å². The van der Waals surface area contributed by atoms with Gasteiger partial charge in [-0.1, -0.05) is 0 Å². The van der Waals surface area contributed by atoms with Gasteiger partial charge in [0.05, 0.1) is 24.1 Å². The summed E-state index contributed by atoms with van der Waals surface area (Å²) in [5.74, 6) is -0.0856. The Morgan fingerprint density at radius 2 is 2.00 bits per heavy atom. The Kier molecular flexibility index (Phi) is 6.00. The predicted octanol–water partition coefficient (Wildman–Crippen LogP) is -0.128. The lowest BCUT2D eigenvalue weighted by Crippen LogP contribution is -2.47. The Hall–Kier alpha value is -0.210. The van der Waals surface area contributed by atoms with E-state index < -0.39 is 15.6 Å². The van der Waals surface area contributed by atoms with E-state index in [1.54, 1.807) is 0 Å². The van der Waals surface area contributed by atoms with Gasteiger partial charge in [0.25, 0.3) is 0 Å². The molecule has 1 saturated heterocycles. The number of hydrogen-bond acceptors (Lipinski definition) is 5. The third kappa shape index (κ3) is 6.10. The summed E-state index contributed by atoms with van der Waals surface area (Å²) >= 11 is 0. The maximum absolute atomic E-state index is 11.7. The molecule has 1 fully saturated rings. The van der Waals surface area contributed by atoms with Crippen LogP contribution in [0.25, 0.3) is 0 Å². The minimum absolute atomic E-state index is 0.0138. The molecule has 0 spiro atoms. The van der Waals surface area contributed by atoms with Crippen molar-refractivity contribution < 1.29 is 23.0 Å². The van der Waals surface area contributed by atoms with Gasteiger partial charge in [0.2, 0.25) is 10.0 Å². The largest absolute Gasteiger partial charge is 0.388 e. The average molecular weight is 281 g/mol. The Morgan fingerprint density at radius 3 is 2.56 bits per heavy atom. The van der Waals surface area contributed by atoms with E-state index in [0.717, 1.165) is 0 Å². The second-order valence-electron chi connectivity index (χ2n) is 4.90. The summed E-state index contributed by atoms with van der Waals surface area (Å²) in [6, 6.07) is 0. The average Bonchev–Trinajstić information content (AvgIpc) is 2.27. The first-order valence-electron chi connectivity index (χ1n) is 6.22. The van der Waals surface area contributed by atoms with Gasteiger partial charge in [-0.2, -0.15) is 0 Å². The summed E-state index contributed by atoms with van der Waals surface area (Å²) in [5.41, 5.74) is -0.982. The fraction of sp³-hybridized carbons (Fsp3) is 1.00. The first-order valence-corrected chi connectivity index (χ1v) is 7.87. The zero-order chi connectivity index (χ0) is 13.6. The molecule has 0 amide bonds. The van der Waals surface area contributed by atoms with Gasteiger partial charge >= 0.3 is 0 Å². The van der Waals surface area contributed by atoms with Crippen LogP contribution in [0.2, 0.25) is 0 Å². The van der Waals surface area contributed by atoms with Gasteiger partial charge in [-0.3, -0.25) is 0 Å². The molecule has 7 heteroatoms. The van der Waals surface area contributed by atoms with Crippen LogP contribution in [0.1, 0.15) is 26.7 Å². The van der Waals surface area contributed by atoms with Crippen LogP contribution in [0, 0.1) is 0 Å². The van der Waals surface area contributed by atoms with E-state index in [0.29, 0.717) is 26.1 Å². The molecule has 1 rings (SSSR count). The zero-order valence-corrected chi connectivity index (χ0v) is 11.8. The van der Waals surface area contributed by atoms with Crippen molar-refractivity contribution in [2.75, 3.05) is 32.1 Å². The molecule has 0 atom stereocenters. The van der Waals surface area contributed by atoms with Crippen LogP contribution in [-0.4, -0.2) is 57.3 Å². The van der Waals surface area contributed by atoms with Crippen LogP contribution in [0.15, 0.2) is 0 Å². The lowest BCUT2D eigenvalue weighted by atomic mass is 9.95. The molecule has 0 aliphatic carbocycles. The number of hydrogen-bond donors (Lipinski definition) is 2. The molecule has 18 heavy (non-hydrogen) atoms. The molecule has 0 radical (unpaired) electrons. The van der Waals surface area contributed by atoms with E-state index >= 15 is 0 Å². The molecule has 1 aliphatic rings. The first kappa shape index (κ1) is 15.8. The summed E-state index contributed by atoms with van der Waals surface area (Å²) in [4.78, 5) is 0. The summed E-state index contributed by atoms with van der Waals surface area (Å²) in [5, 5.41) is 10.1. The first-order chi connectivity index (χ1) is 8.33. The molecule has 108 valence electrons. The van der Waals surface area contributed by atoms with Crippen LogP contribution in [0.5, 0.6) is 0 Å². The van der Waals surface area contributed by atoms with E-state index in [9.17, 15) is 13.5 Å². The molecule has 0 aromatic heterocycles. The second-order valence-corrected chi connectivity index (χ2v) is 6.82. The zero-order valence-electron chi connectivity index (χ0n) is 11.0. The third-order valence-corrected chi connectivity index (χ3v) is 4.14. The quantitative estimate of drug-likeness (QED) is 0.679. The number of nitrogens with one attached hydrogen (secondary N) is 1. The van der Waals surface area contributed by atoms with Crippen molar-refractivity contribution in [1.29, 1.82) is 0 Å². The smallest absolute Gasteiger partial charge is 0.213 e. The van der Waals surface area contributed by atoms with Gasteiger partial charge in [-0.15, -0.1) is 0 Å². The van der Waals surface area contributed by atoms with Crippen molar-refractivity contribution in [2.45, 2.75) is 38.4 Å². The Balaban J connectivity index is 2.32. The van der Waals surface area contributed by atoms with Gasteiger partial charge in [0.15, 0.2) is 0 Å². The molecule has 0 bridgehead atoms. The number of rotatable bonds is 7. The Morgan fingerprint density at radius 1 is 1.39 bits per heavy atom. The lowest BCUT2D eigenvalue weighted by molar-refractivity contribution is -0.0589. The topological polar surface area (TPSA) is 84.9 Å². The highest BCUT2D eigenvalue weighted by molar-refractivity contribution is 7.89. The Labute approximate surface area is 109 Å². The van der Waals surface area contributed by atoms with Gasteiger partial charge in [-0.05, 0) is 13.8 Å². The number of sulfonamides is 1. The molecule has 0 aromatic rings. The van der Waals surface area contributed by atoms with Crippen molar-refractivity contribution in [3.05, 3.63) is 0 Å². The van der Waals surface area contributed by atoms with Crippen LogP contribution < -0.4 is 4.72 Å². The SMILES string of the molecule is CC(C)OCCS(=O)(=O)NCC1(O)CCOCC1. The second kappa shape index (κ2) is 6.81. The standard InChI is InChI=1S/C11H23NO5S/c1-10(2)17-7-8-18(14,15)12-9-11(13)3-5-16-6-4-11/h10,12-13H,3-9H2,1-2H3. The molecule has 1 heterocycles. The van der Waals surface area contributed by atoms with Crippen LogP contribution in [-0.2, 0) is 19.5 Å². The number of aliphatic hydroxyl groups is 1. The fourth-order valence-electron chi connectivity index (χ4n) is 1.64. The molecule has 0 saturated carbocycles. The van der Waals surface area contributed by atoms with Crippen LogP contribution in [0.3, 0.4) is 0 Å². The molecule has 2 N–H and O–H groups in total. The third-order valence-electron chi connectivity index (χ3n) is 2.85. The van der Waals surface area contributed by atoms with E-state index in [1.807, 2.05) is 13.8 Å². The molecule has 0 aromatic carbocycles. The molecule has 0 unspecified atom stereocenters. The number of ether oxygens (including phenoxy) is 2. The minimum Gasteiger partial charge on any atom is -0.388 e. The summed E-state index contributed by atoms with van der Waals surface area (Å²) in [6.07, 6.45) is 0.927. The van der Waals surface area contributed by atoms with Crippen molar-refractivity contribution in [1.82, 2.24) is 4.72 Å². The van der Waals surface area contributed by atoms with E-state index in [1.165, 1.54) is 0 Å². The van der Waals surface area contributed by atoms with Gasteiger partial charge in [0, 0.05) is 32.6 Å². The van der Waals surface area contributed by atoms with Gasteiger partial charge in [-0.25, -0.2) is 13.1 Å². The van der Waals surface area contributed by atoms with Crippen LogP contribution in [0.4, 0.5) is 0 Å². The lowest BCUT2D eigenvalue weighted by Gasteiger charge is -2.31. The van der Waals surface area contributed by atoms with Crippen molar-refractivity contribution >= 4 is 10.0 Å². The highest BCUT2D eigenvalue weighted by Crippen LogP contribution is 2.19. The summed E-state index contributed by atoms with van der Waals surface area (Å²) < 4.78 is 36.1. The monoisotopic (exact) mass is 281 g/mol. The minimum atomic E-state index is -3.39. The van der Waals surface area contributed by atoms with Gasteiger partial charge < -0.3 is 14.6 Å². The molecular formula is C11H23NO5S. The Bertz CT molecular complexity index is 335. The van der Waals surface area contributed by atoms with Crippen LogP contribution >= 0.6 is 0 Å². The fourth-order valence-corrected chi connectivity index (χ4v) is 2.59.